The number of nitrogens with zero attached hydrogens (tertiary/aromatic N) is 1. The lowest BCUT2D eigenvalue weighted by Gasteiger charge is -2.30. The van der Waals surface area contributed by atoms with Crippen molar-refractivity contribution in [3.63, 3.8) is 0 Å². The van der Waals surface area contributed by atoms with Gasteiger partial charge < -0.3 is 19.2 Å². The van der Waals surface area contributed by atoms with Crippen LogP contribution in [0.4, 0.5) is 4.39 Å². The molecule has 1 aromatic heterocycles. The van der Waals surface area contributed by atoms with E-state index in [-0.39, 0.29) is 25.5 Å². The monoisotopic (exact) mass is 293 g/mol. The summed E-state index contributed by atoms with van der Waals surface area (Å²) in [5.74, 6) is -1.90. The van der Waals surface area contributed by atoms with Crippen LogP contribution < -0.4 is 0 Å². The minimum Gasteiger partial charge on any atom is -0.479 e. The number of carbonyl (C=O) groups excluding carboxylic acids is 1. The number of hydrogen-bond acceptors (Lipinski definition) is 4. The summed E-state index contributed by atoms with van der Waals surface area (Å²) >= 11 is 0. The third-order valence-electron chi connectivity index (χ3n) is 3.32. The van der Waals surface area contributed by atoms with E-state index in [1.807, 2.05) is 0 Å². The molecule has 1 saturated heterocycles. The second-order valence-electron chi connectivity index (χ2n) is 4.74. The molecule has 7 heteroatoms. The van der Waals surface area contributed by atoms with Gasteiger partial charge in [-0.3, -0.25) is 4.79 Å². The molecular weight excluding hydrogens is 281 g/mol. The normalized spacial score (nSPS) is 18.9. The van der Waals surface area contributed by atoms with E-state index in [1.165, 1.54) is 29.2 Å². The molecule has 1 aromatic carbocycles. The molecule has 1 unspecified atom stereocenters. The van der Waals surface area contributed by atoms with Gasteiger partial charge in [0.05, 0.1) is 13.2 Å². The lowest BCUT2D eigenvalue weighted by molar-refractivity contribution is -0.154. The fourth-order valence-corrected chi connectivity index (χ4v) is 2.26. The van der Waals surface area contributed by atoms with Crippen LogP contribution in [0.25, 0.3) is 11.0 Å². The van der Waals surface area contributed by atoms with Gasteiger partial charge in [-0.2, -0.15) is 0 Å². The summed E-state index contributed by atoms with van der Waals surface area (Å²) in [5, 5.41) is 9.41. The number of aliphatic carboxylic acids is 1. The van der Waals surface area contributed by atoms with E-state index < -0.39 is 23.8 Å². The summed E-state index contributed by atoms with van der Waals surface area (Å²) in [6.45, 7) is 0.394. The number of amides is 1. The number of ether oxygens (including phenoxy) is 1. The number of rotatable bonds is 2. The molecule has 3 rings (SSSR count). The van der Waals surface area contributed by atoms with E-state index in [2.05, 4.69) is 0 Å². The van der Waals surface area contributed by atoms with Crippen molar-refractivity contribution in [1.82, 2.24) is 4.90 Å². The number of carboxylic acids is 1. The molecule has 21 heavy (non-hydrogen) atoms. The van der Waals surface area contributed by atoms with Gasteiger partial charge in [0.25, 0.3) is 5.91 Å². The van der Waals surface area contributed by atoms with Gasteiger partial charge in [-0.15, -0.1) is 0 Å². The highest BCUT2D eigenvalue weighted by atomic mass is 19.1. The molecule has 1 N–H and O–H groups in total. The molecule has 1 amide bonds. The van der Waals surface area contributed by atoms with E-state index in [0.717, 1.165) is 0 Å². The molecule has 2 heterocycles. The maximum atomic E-state index is 13.1. The first-order valence-electron chi connectivity index (χ1n) is 6.37. The van der Waals surface area contributed by atoms with Crippen molar-refractivity contribution >= 4 is 22.8 Å². The molecule has 0 saturated carbocycles. The molecule has 0 aliphatic carbocycles. The lowest BCUT2D eigenvalue weighted by Crippen LogP contribution is -2.48. The molecule has 2 aromatic rings. The Morgan fingerprint density at radius 1 is 1.33 bits per heavy atom. The van der Waals surface area contributed by atoms with Crippen molar-refractivity contribution < 1.29 is 28.2 Å². The SMILES string of the molecule is O=C(O)C1CN(C(=O)c2cc3cc(F)ccc3o2)CCO1. The Morgan fingerprint density at radius 3 is 2.90 bits per heavy atom. The number of furan rings is 1. The molecule has 110 valence electrons. The van der Waals surface area contributed by atoms with E-state index in [4.69, 9.17) is 14.3 Å². The van der Waals surface area contributed by atoms with Crippen LogP contribution in [0.5, 0.6) is 0 Å². The van der Waals surface area contributed by atoms with Crippen LogP contribution >= 0.6 is 0 Å². The van der Waals surface area contributed by atoms with E-state index in [1.54, 1.807) is 0 Å². The maximum absolute atomic E-state index is 13.1. The van der Waals surface area contributed by atoms with Gasteiger partial charge in [-0.1, -0.05) is 0 Å². The first-order valence-corrected chi connectivity index (χ1v) is 6.37. The third kappa shape index (κ3) is 2.59. The highest BCUT2D eigenvalue weighted by Crippen LogP contribution is 2.22. The Hall–Kier alpha value is -2.41. The Kier molecular flexibility index (Phi) is 3.34. The van der Waals surface area contributed by atoms with Gasteiger partial charge in [0, 0.05) is 11.9 Å². The molecular formula is C14H12FNO5. The van der Waals surface area contributed by atoms with Crippen LogP contribution in [0.15, 0.2) is 28.7 Å². The zero-order valence-corrected chi connectivity index (χ0v) is 10.9. The van der Waals surface area contributed by atoms with E-state index >= 15 is 0 Å². The van der Waals surface area contributed by atoms with Crippen molar-refractivity contribution in [2.75, 3.05) is 19.7 Å². The summed E-state index contributed by atoms with van der Waals surface area (Å²) in [6.07, 6.45) is -1.04. The predicted octanol–water partition coefficient (Wildman–Crippen LogP) is 1.50. The third-order valence-corrected chi connectivity index (χ3v) is 3.32. The van der Waals surface area contributed by atoms with Gasteiger partial charge in [0.15, 0.2) is 11.9 Å². The zero-order chi connectivity index (χ0) is 15.0. The summed E-state index contributed by atoms with van der Waals surface area (Å²) < 4.78 is 23.6. The summed E-state index contributed by atoms with van der Waals surface area (Å²) in [7, 11) is 0. The Balaban J connectivity index is 1.84. The van der Waals surface area contributed by atoms with Crippen LogP contribution in [-0.4, -0.2) is 47.7 Å². The Morgan fingerprint density at radius 2 is 2.14 bits per heavy atom. The van der Waals surface area contributed by atoms with Crippen molar-refractivity contribution in [2.24, 2.45) is 0 Å². The van der Waals surface area contributed by atoms with Crippen molar-refractivity contribution in [3.8, 4) is 0 Å². The van der Waals surface area contributed by atoms with Crippen LogP contribution in [0.1, 0.15) is 10.6 Å². The molecule has 1 fully saturated rings. The Labute approximate surface area is 118 Å². The molecule has 1 atom stereocenters. The maximum Gasteiger partial charge on any atom is 0.334 e. The van der Waals surface area contributed by atoms with Crippen molar-refractivity contribution in [2.45, 2.75) is 6.10 Å². The molecule has 0 radical (unpaired) electrons. The topological polar surface area (TPSA) is 80.0 Å². The van der Waals surface area contributed by atoms with Gasteiger partial charge in [0.1, 0.15) is 11.4 Å². The number of morpholine rings is 1. The minimum atomic E-state index is -1.11. The number of fused-ring (bicyclic) bond motifs is 1. The van der Waals surface area contributed by atoms with E-state index in [9.17, 15) is 14.0 Å². The summed E-state index contributed by atoms with van der Waals surface area (Å²) in [5.41, 5.74) is 0.405. The lowest BCUT2D eigenvalue weighted by atomic mass is 10.2. The average Bonchev–Trinajstić information content (AvgIpc) is 2.89. The van der Waals surface area contributed by atoms with Gasteiger partial charge >= 0.3 is 5.97 Å². The van der Waals surface area contributed by atoms with Crippen molar-refractivity contribution in [1.29, 1.82) is 0 Å². The van der Waals surface area contributed by atoms with E-state index in [0.29, 0.717) is 11.0 Å². The fourth-order valence-electron chi connectivity index (χ4n) is 2.26. The Bertz CT molecular complexity index is 710. The first-order chi connectivity index (χ1) is 10.0. The number of carboxylic acid groups (broad SMARTS) is 1. The number of benzene rings is 1. The van der Waals surface area contributed by atoms with Crippen LogP contribution in [0.2, 0.25) is 0 Å². The number of hydrogen-bond donors (Lipinski definition) is 1. The summed E-state index contributed by atoms with van der Waals surface area (Å²) in [6, 6.07) is 5.41. The first kappa shape index (κ1) is 13.6. The molecule has 1 aliphatic heterocycles. The minimum absolute atomic E-state index is 0.0421. The van der Waals surface area contributed by atoms with Gasteiger partial charge in [-0.05, 0) is 24.3 Å². The van der Waals surface area contributed by atoms with Crippen molar-refractivity contribution in [3.05, 3.63) is 35.8 Å². The second kappa shape index (κ2) is 5.17. The largest absolute Gasteiger partial charge is 0.479 e. The van der Waals surface area contributed by atoms with Crippen LogP contribution in [0.3, 0.4) is 0 Å². The number of carbonyl (C=O) groups is 2. The second-order valence-corrected chi connectivity index (χ2v) is 4.74. The number of halogens is 1. The molecule has 0 bridgehead atoms. The van der Waals surface area contributed by atoms with Gasteiger partial charge in [-0.25, -0.2) is 9.18 Å². The predicted molar refractivity (Wildman–Crippen MR) is 69.5 cm³/mol. The standard InChI is InChI=1S/C14H12FNO5/c15-9-1-2-10-8(5-9)6-11(21-10)13(17)16-3-4-20-12(7-16)14(18)19/h1-2,5-6,12H,3-4,7H2,(H,18,19). The van der Waals surface area contributed by atoms with Crippen LogP contribution in [-0.2, 0) is 9.53 Å². The zero-order valence-electron chi connectivity index (χ0n) is 10.9. The fraction of sp³-hybridized carbons (Fsp3) is 0.286. The van der Waals surface area contributed by atoms with Gasteiger partial charge in [0.2, 0.25) is 0 Å². The van der Waals surface area contributed by atoms with Crippen LogP contribution in [0, 0.1) is 5.82 Å². The molecule has 6 nitrogen and oxygen atoms in total. The smallest absolute Gasteiger partial charge is 0.334 e. The highest BCUT2D eigenvalue weighted by molar-refractivity contribution is 5.96. The summed E-state index contributed by atoms with van der Waals surface area (Å²) in [4.78, 5) is 24.6. The highest BCUT2D eigenvalue weighted by Gasteiger charge is 2.30. The quantitative estimate of drug-likeness (QED) is 0.907. The molecule has 1 aliphatic rings. The molecule has 0 spiro atoms. The average molecular weight is 293 g/mol.